The van der Waals surface area contributed by atoms with E-state index in [1.807, 2.05) is 39.0 Å². The van der Waals surface area contributed by atoms with Crippen LogP contribution >= 0.6 is 0 Å². The Labute approximate surface area is 120 Å². The smallest absolute Gasteiger partial charge is 0.199 e. The van der Waals surface area contributed by atoms with Gasteiger partial charge in [-0.05, 0) is 44.0 Å². The number of rotatable bonds is 3. The molecule has 0 fully saturated rings. The van der Waals surface area contributed by atoms with E-state index in [4.69, 9.17) is 0 Å². The maximum Gasteiger partial charge on any atom is 0.282 e. The van der Waals surface area contributed by atoms with Crippen LogP contribution in [0, 0.1) is 20.8 Å². The van der Waals surface area contributed by atoms with Gasteiger partial charge in [0.2, 0.25) is 0 Å². The van der Waals surface area contributed by atoms with Crippen molar-refractivity contribution in [2.24, 2.45) is 4.40 Å². The molecule has 0 heterocycles. The normalized spacial score (nSPS) is 11.9. The van der Waals surface area contributed by atoms with Gasteiger partial charge in [0.1, 0.15) is 0 Å². The Bertz CT molecular complexity index is 745. The molecule has 2 rings (SSSR count). The summed E-state index contributed by atoms with van der Waals surface area (Å²) in [7, 11) is -3.63. The van der Waals surface area contributed by atoms with Gasteiger partial charge in [0.05, 0.1) is 4.90 Å². The molecule has 2 aromatic carbocycles. The topological polar surface area (TPSA) is 46.5 Å². The minimum atomic E-state index is -3.63. The molecule has 4 heteroatoms. The maximum absolute atomic E-state index is 12.1. The van der Waals surface area contributed by atoms with Gasteiger partial charge in [0.25, 0.3) is 10.0 Å². The summed E-state index contributed by atoms with van der Waals surface area (Å²) in [6.07, 6.45) is 1.41. The van der Waals surface area contributed by atoms with Gasteiger partial charge in [-0.2, -0.15) is 12.8 Å². The standard InChI is InChI=1S/C16H17NO2S/c1-12-5-8-16(9-6-12)20(18,19)17-11-15-7-4-13(2)10-14(15)3/h4-11H,1-3H3. The second-order valence-corrected chi connectivity index (χ2v) is 6.52. The summed E-state index contributed by atoms with van der Waals surface area (Å²) in [5.74, 6) is 0. The molecule has 0 aliphatic heterocycles. The summed E-state index contributed by atoms with van der Waals surface area (Å²) in [5, 5.41) is 0. The van der Waals surface area contributed by atoms with Gasteiger partial charge in [-0.1, -0.05) is 41.5 Å². The number of aryl methyl sites for hydroxylation is 3. The Morgan fingerprint density at radius 3 is 2.10 bits per heavy atom. The van der Waals surface area contributed by atoms with E-state index in [1.165, 1.54) is 6.21 Å². The third-order valence-electron chi connectivity index (χ3n) is 3.07. The number of sulfonamides is 1. The minimum absolute atomic E-state index is 0.212. The largest absolute Gasteiger partial charge is 0.282 e. The van der Waals surface area contributed by atoms with E-state index in [9.17, 15) is 8.42 Å². The van der Waals surface area contributed by atoms with E-state index < -0.39 is 10.0 Å². The average molecular weight is 287 g/mol. The summed E-state index contributed by atoms with van der Waals surface area (Å²) < 4.78 is 28.0. The highest BCUT2D eigenvalue weighted by atomic mass is 32.2. The van der Waals surface area contributed by atoms with Gasteiger partial charge in [-0.15, -0.1) is 0 Å². The van der Waals surface area contributed by atoms with Crippen LogP contribution in [0.1, 0.15) is 22.3 Å². The van der Waals surface area contributed by atoms with Gasteiger partial charge < -0.3 is 0 Å². The molecule has 20 heavy (non-hydrogen) atoms. The number of hydrogen-bond donors (Lipinski definition) is 0. The molecular weight excluding hydrogens is 270 g/mol. The minimum Gasteiger partial charge on any atom is -0.199 e. The fraction of sp³-hybridized carbons (Fsp3) is 0.188. The van der Waals surface area contributed by atoms with E-state index in [2.05, 4.69) is 4.40 Å². The molecule has 0 atom stereocenters. The number of benzene rings is 2. The molecule has 0 saturated heterocycles. The lowest BCUT2D eigenvalue weighted by molar-refractivity contribution is 0.598. The van der Waals surface area contributed by atoms with Crippen molar-refractivity contribution in [3.05, 3.63) is 64.7 Å². The zero-order valence-corrected chi connectivity index (χ0v) is 12.6. The molecule has 0 N–H and O–H groups in total. The van der Waals surface area contributed by atoms with Crippen molar-refractivity contribution in [3.63, 3.8) is 0 Å². The molecule has 2 aromatic rings. The summed E-state index contributed by atoms with van der Waals surface area (Å²) in [6.45, 7) is 5.85. The van der Waals surface area contributed by atoms with Crippen LogP contribution in [0.2, 0.25) is 0 Å². The predicted molar refractivity (Wildman–Crippen MR) is 81.9 cm³/mol. The molecule has 0 aromatic heterocycles. The number of hydrogen-bond acceptors (Lipinski definition) is 2. The molecule has 3 nitrogen and oxygen atoms in total. The third-order valence-corrected chi connectivity index (χ3v) is 4.33. The Kier molecular flexibility index (Phi) is 4.04. The zero-order valence-electron chi connectivity index (χ0n) is 11.8. The highest BCUT2D eigenvalue weighted by Crippen LogP contribution is 2.14. The first-order chi connectivity index (χ1) is 9.38. The van der Waals surface area contributed by atoms with E-state index >= 15 is 0 Å². The maximum atomic E-state index is 12.1. The second-order valence-electron chi connectivity index (χ2n) is 4.88. The van der Waals surface area contributed by atoms with E-state index in [1.54, 1.807) is 24.3 Å². The molecule has 0 bridgehead atoms. The van der Waals surface area contributed by atoms with Gasteiger partial charge >= 0.3 is 0 Å². The summed E-state index contributed by atoms with van der Waals surface area (Å²) in [5.41, 5.74) is 3.97. The molecule has 104 valence electrons. The van der Waals surface area contributed by atoms with Crippen molar-refractivity contribution in [1.82, 2.24) is 0 Å². The van der Waals surface area contributed by atoms with Crippen LogP contribution < -0.4 is 0 Å². The Hall–Kier alpha value is -1.94. The first kappa shape index (κ1) is 14.5. The molecule has 0 spiro atoms. The van der Waals surface area contributed by atoms with Crippen LogP contribution in [0.5, 0.6) is 0 Å². The van der Waals surface area contributed by atoms with Crippen molar-refractivity contribution in [2.75, 3.05) is 0 Å². The fourth-order valence-electron chi connectivity index (χ4n) is 1.87. The van der Waals surface area contributed by atoms with Crippen LogP contribution in [0.4, 0.5) is 0 Å². The average Bonchev–Trinajstić information content (AvgIpc) is 2.38. The highest BCUT2D eigenvalue weighted by Gasteiger charge is 2.11. The quantitative estimate of drug-likeness (QED) is 0.812. The lowest BCUT2D eigenvalue weighted by Gasteiger charge is -2.02. The van der Waals surface area contributed by atoms with Crippen LogP contribution in [-0.4, -0.2) is 14.6 Å². The molecule has 0 radical (unpaired) electrons. The first-order valence-corrected chi connectivity index (χ1v) is 7.77. The molecule has 0 aliphatic carbocycles. The fourth-order valence-corrected chi connectivity index (χ4v) is 2.72. The molecular formula is C16H17NO2S. The first-order valence-electron chi connectivity index (χ1n) is 6.33. The van der Waals surface area contributed by atoms with Crippen LogP contribution in [-0.2, 0) is 10.0 Å². The van der Waals surface area contributed by atoms with E-state index in [0.29, 0.717) is 0 Å². The van der Waals surface area contributed by atoms with Crippen molar-refractivity contribution in [3.8, 4) is 0 Å². The molecule has 0 amide bonds. The highest BCUT2D eigenvalue weighted by molar-refractivity contribution is 7.90. The Morgan fingerprint density at radius 2 is 1.50 bits per heavy atom. The Morgan fingerprint density at radius 1 is 0.900 bits per heavy atom. The molecule has 0 saturated carbocycles. The van der Waals surface area contributed by atoms with Crippen molar-refractivity contribution in [1.29, 1.82) is 0 Å². The molecule has 0 aliphatic rings. The lowest BCUT2D eigenvalue weighted by Crippen LogP contribution is -1.98. The predicted octanol–water partition coefficient (Wildman–Crippen LogP) is 3.42. The summed E-state index contributed by atoms with van der Waals surface area (Å²) in [6, 6.07) is 12.5. The summed E-state index contributed by atoms with van der Waals surface area (Å²) >= 11 is 0. The SMILES string of the molecule is Cc1ccc(S(=O)(=O)N=Cc2ccc(C)cc2C)cc1. The monoisotopic (exact) mass is 287 g/mol. The van der Waals surface area contributed by atoms with Gasteiger partial charge in [0.15, 0.2) is 0 Å². The second kappa shape index (κ2) is 5.59. The van der Waals surface area contributed by atoms with Crippen LogP contribution in [0.3, 0.4) is 0 Å². The van der Waals surface area contributed by atoms with Gasteiger partial charge in [-0.25, -0.2) is 0 Å². The van der Waals surface area contributed by atoms with Crippen LogP contribution in [0.15, 0.2) is 51.8 Å². The van der Waals surface area contributed by atoms with Crippen molar-refractivity contribution >= 4 is 16.2 Å². The van der Waals surface area contributed by atoms with E-state index in [0.717, 1.165) is 22.3 Å². The van der Waals surface area contributed by atoms with Crippen LogP contribution in [0.25, 0.3) is 0 Å². The summed E-state index contributed by atoms with van der Waals surface area (Å²) in [4.78, 5) is 0.212. The van der Waals surface area contributed by atoms with Gasteiger partial charge in [0, 0.05) is 6.21 Å². The van der Waals surface area contributed by atoms with Crippen molar-refractivity contribution < 1.29 is 8.42 Å². The van der Waals surface area contributed by atoms with E-state index in [-0.39, 0.29) is 4.90 Å². The number of nitrogens with zero attached hydrogens (tertiary/aromatic N) is 1. The van der Waals surface area contributed by atoms with Crippen molar-refractivity contribution in [2.45, 2.75) is 25.7 Å². The molecule has 0 unspecified atom stereocenters. The zero-order chi connectivity index (χ0) is 14.8. The Balaban J connectivity index is 2.32. The lowest BCUT2D eigenvalue weighted by atomic mass is 10.1. The third kappa shape index (κ3) is 3.33. The van der Waals surface area contributed by atoms with Gasteiger partial charge in [-0.3, -0.25) is 0 Å².